The van der Waals surface area contributed by atoms with Crippen molar-refractivity contribution in [2.45, 2.75) is 13.5 Å². The summed E-state index contributed by atoms with van der Waals surface area (Å²) in [6.07, 6.45) is 6.67. The molecule has 3 aromatic rings. The summed E-state index contributed by atoms with van der Waals surface area (Å²) in [4.78, 5) is 35.3. The summed E-state index contributed by atoms with van der Waals surface area (Å²) in [6.45, 7) is 2.43. The molecule has 0 radical (unpaired) electrons. The van der Waals surface area contributed by atoms with Gasteiger partial charge in [0.25, 0.3) is 11.6 Å². The Kier molecular flexibility index (Phi) is 4.97. The molecule has 0 aliphatic carbocycles. The largest absolute Gasteiger partial charge is 0.350 e. The molecule has 1 amide bonds. The number of rotatable bonds is 6. The van der Waals surface area contributed by atoms with E-state index in [2.05, 4.69) is 20.3 Å². The van der Waals surface area contributed by atoms with Gasteiger partial charge >= 0.3 is 0 Å². The zero-order valence-corrected chi connectivity index (χ0v) is 14.0. The predicted octanol–water partition coefficient (Wildman–Crippen LogP) is 1.99. The number of aromatic nitrogens is 4. The van der Waals surface area contributed by atoms with Crippen LogP contribution in [0.15, 0.2) is 49.1 Å². The summed E-state index contributed by atoms with van der Waals surface area (Å²) >= 11 is 0. The molecule has 1 N–H and O–H groups in total. The third-order valence-electron chi connectivity index (χ3n) is 3.79. The number of amides is 1. The Morgan fingerprint density at radius 2 is 2.00 bits per heavy atom. The molecule has 0 aliphatic rings. The molecule has 0 saturated heterocycles. The average Bonchev–Trinajstić information content (AvgIpc) is 3.11. The quantitative estimate of drug-likeness (QED) is 0.536. The van der Waals surface area contributed by atoms with Crippen molar-refractivity contribution in [3.63, 3.8) is 0 Å². The van der Waals surface area contributed by atoms with E-state index in [-0.39, 0.29) is 17.2 Å². The Morgan fingerprint density at radius 1 is 1.23 bits per heavy atom. The molecule has 0 atom stereocenters. The van der Waals surface area contributed by atoms with E-state index < -0.39 is 4.92 Å². The molecule has 2 aromatic heterocycles. The van der Waals surface area contributed by atoms with Crippen molar-refractivity contribution >= 4 is 11.6 Å². The minimum Gasteiger partial charge on any atom is -0.350 e. The molecule has 0 unspecified atom stereocenters. The zero-order chi connectivity index (χ0) is 18.5. The number of carbonyl (C=O) groups excluding carboxylic acids is 1. The van der Waals surface area contributed by atoms with Crippen molar-refractivity contribution in [2.24, 2.45) is 0 Å². The number of nitro benzene ring substituents is 1. The molecule has 26 heavy (non-hydrogen) atoms. The first-order valence-corrected chi connectivity index (χ1v) is 7.88. The van der Waals surface area contributed by atoms with Gasteiger partial charge in [0.15, 0.2) is 11.6 Å². The monoisotopic (exact) mass is 352 g/mol. The highest BCUT2D eigenvalue weighted by atomic mass is 16.6. The van der Waals surface area contributed by atoms with Gasteiger partial charge in [0.1, 0.15) is 0 Å². The highest BCUT2D eigenvalue weighted by Gasteiger charge is 2.15. The van der Waals surface area contributed by atoms with Gasteiger partial charge in [0, 0.05) is 55.1 Å². The van der Waals surface area contributed by atoms with E-state index in [1.165, 1.54) is 6.07 Å². The Hall–Kier alpha value is -3.62. The number of carbonyl (C=O) groups is 1. The molecule has 9 nitrogen and oxygen atoms in total. The van der Waals surface area contributed by atoms with Crippen LogP contribution in [0.2, 0.25) is 0 Å². The molecule has 0 fully saturated rings. The molecule has 3 rings (SSSR count). The molecular formula is C17H16N6O3. The van der Waals surface area contributed by atoms with Gasteiger partial charge in [-0.25, -0.2) is 15.0 Å². The van der Waals surface area contributed by atoms with E-state index in [1.807, 2.05) is 4.57 Å². The van der Waals surface area contributed by atoms with Crippen molar-refractivity contribution in [3.05, 3.63) is 70.3 Å². The Morgan fingerprint density at radius 3 is 2.73 bits per heavy atom. The second-order valence-electron chi connectivity index (χ2n) is 5.53. The van der Waals surface area contributed by atoms with Gasteiger partial charge in [0.2, 0.25) is 0 Å². The summed E-state index contributed by atoms with van der Waals surface area (Å²) in [5.74, 6) is 0.731. The molecule has 132 valence electrons. The van der Waals surface area contributed by atoms with Crippen molar-refractivity contribution < 1.29 is 9.72 Å². The number of nitrogens with zero attached hydrogens (tertiary/aromatic N) is 5. The van der Waals surface area contributed by atoms with E-state index in [4.69, 9.17) is 0 Å². The minimum absolute atomic E-state index is 0.0734. The maximum atomic E-state index is 12.2. The molecule has 9 heteroatoms. The van der Waals surface area contributed by atoms with Crippen LogP contribution in [0.5, 0.6) is 0 Å². The Balaban J connectivity index is 1.64. The molecule has 0 bridgehead atoms. The number of imidazole rings is 1. The van der Waals surface area contributed by atoms with Gasteiger partial charge in [-0.3, -0.25) is 14.9 Å². The third kappa shape index (κ3) is 3.72. The second kappa shape index (κ2) is 7.51. The average molecular weight is 352 g/mol. The highest BCUT2D eigenvalue weighted by molar-refractivity contribution is 5.94. The number of benzene rings is 1. The molecule has 2 heterocycles. The first-order valence-electron chi connectivity index (χ1n) is 7.88. The molecule has 1 aromatic carbocycles. The normalized spacial score (nSPS) is 10.5. The lowest BCUT2D eigenvalue weighted by Gasteiger charge is -2.09. The molecule has 0 saturated carbocycles. The maximum absolute atomic E-state index is 12.2. The summed E-state index contributed by atoms with van der Waals surface area (Å²) < 4.78 is 1.83. The lowest BCUT2D eigenvalue weighted by Crippen LogP contribution is -2.27. The van der Waals surface area contributed by atoms with Crippen molar-refractivity contribution in [1.82, 2.24) is 24.8 Å². The van der Waals surface area contributed by atoms with E-state index in [0.717, 1.165) is 0 Å². The minimum atomic E-state index is -0.496. The van der Waals surface area contributed by atoms with Gasteiger partial charge in [-0.15, -0.1) is 0 Å². The second-order valence-corrected chi connectivity index (χ2v) is 5.53. The summed E-state index contributed by atoms with van der Waals surface area (Å²) in [5.41, 5.74) is 0.688. The van der Waals surface area contributed by atoms with Crippen LogP contribution in [0.1, 0.15) is 15.9 Å². The fourth-order valence-corrected chi connectivity index (χ4v) is 2.45. The maximum Gasteiger partial charge on any atom is 0.273 e. The first-order chi connectivity index (χ1) is 12.6. The Bertz CT molecular complexity index is 939. The van der Waals surface area contributed by atoms with Crippen LogP contribution in [0.3, 0.4) is 0 Å². The van der Waals surface area contributed by atoms with Crippen LogP contribution in [-0.2, 0) is 6.54 Å². The smallest absolute Gasteiger partial charge is 0.273 e. The van der Waals surface area contributed by atoms with E-state index in [9.17, 15) is 14.9 Å². The standard InChI is InChI=1S/C17H16N6O3/c1-12-3-4-13(11-14(12)23(25)26)17(24)21-8-10-22-9-7-20-16(22)15-18-5-2-6-19-15/h2-7,9,11H,8,10H2,1H3,(H,21,24). The van der Waals surface area contributed by atoms with Gasteiger partial charge in [0.05, 0.1) is 4.92 Å². The number of hydrogen-bond donors (Lipinski definition) is 1. The predicted molar refractivity (Wildman–Crippen MR) is 93.4 cm³/mol. The topological polar surface area (TPSA) is 116 Å². The van der Waals surface area contributed by atoms with Crippen molar-refractivity contribution in [2.75, 3.05) is 6.54 Å². The highest BCUT2D eigenvalue weighted by Crippen LogP contribution is 2.19. The van der Waals surface area contributed by atoms with Gasteiger partial charge < -0.3 is 9.88 Å². The SMILES string of the molecule is Cc1ccc(C(=O)NCCn2ccnc2-c2ncccn2)cc1[N+](=O)[O-]. The van der Waals surface area contributed by atoms with Crippen molar-refractivity contribution in [3.8, 4) is 11.6 Å². The van der Waals surface area contributed by atoms with E-state index in [0.29, 0.717) is 30.3 Å². The molecular weight excluding hydrogens is 336 g/mol. The lowest BCUT2D eigenvalue weighted by atomic mass is 10.1. The number of nitro groups is 1. The Labute approximate surface area is 148 Å². The first kappa shape index (κ1) is 17.2. The van der Waals surface area contributed by atoms with Crippen LogP contribution in [0, 0.1) is 17.0 Å². The van der Waals surface area contributed by atoms with Crippen LogP contribution in [0.4, 0.5) is 5.69 Å². The fourth-order valence-electron chi connectivity index (χ4n) is 2.45. The fraction of sp³-hybridized carbons (Fsp3) is 0.176. The van der Waals surface area contributed by atoms with Gasteiger partial charge in [-0.2, -0.15) is 0 Å². The number of hydrogen-bond acceptors (Lipinski definition) is 6. The van der Waals surface area contributed by atoms with E-state index in [1.54, 1.807) is 49.9 Å². The van der Waals surface area contributed by atoms with E-state index >= 15 is 0 Å². The van der Waals surface area contributed by atoms with Crippen LogP contribution < -0.4 is 5.32 Å². The van der Waals surface area contributed by atoms with Gasteiger partial charge in [-0.1, -0.05) is 6.07 Å². The van der Waals surface area contributed by atoms with Crippen molar-refractivity contribution in [1.29, 1.82) is 0 Å². The van der Waals surface area contributed by atoms with Crippen LogP contribution >= 0.6 is 0 Å². The summed E-state index contributed by atoms with van der Waals surface area (Å²) in [7, 11) is 0. The summed E-state index contributed by atoms with van der Waals surface area (Å²) in [6, 6.07) is 6.13. The summed E-state index contributed by atoms with van der Waals surface area (Å²) in [5, 5.41) is 13.7. The van der Waals surface area contributed by atoms with Crippen LogP contribution in [0.25, 0.3) is 11.6 Å². The molecule has 0 aliphatic heterocycles. The zero-order valence-electron chi connectivity index (χ0n) is 14.0. The van der Waals surface area contributed by atoms with Gasteiger partial charge in [-0.05, 0) is 19.1 Å². The van der Waals surface area contributed by atoms with Crippen LogP contribution in [-0.4, -0.2) is 36.9 Å². The lowest BCUT2D eigenvalue weighted by molar-refractivity contribution is -0.385. The number of aryl methyl sites for hydroxylation is 1. The third-order valence-corrected chi connectivity index (χ3v) is 3.79. The number of nitrogens with one attached hydrogen (secondary N) is 1. The molecule has 0 spiro atoms.